The summed E-state index contributed by atoms with van der Waals surface area (Å²) in [5.74, 6) is 0.814. The normalized spacial score (nSPS) is 12.0. The molecule has 0 bridgehead atoms. The van der Waals surface area contributed by atoms with Crippen molar-refractivity contribution in [1.82, 2.24) is 20.1 Å². The maximum absolute atomic E-state index is 13.0. The standard InChI is InChI=1S/C26H32ClN5O2S/c1-6-32-24(22(13-16(2)3)29-25(34)19-9-7-8-10-20(19)27)30-31-26(32)35-15-23(33)28-21-14-17(4)11-12-18(21)5/h7-12,14,16,22H,6,13,15H2,1-5H3,(H,28,33)(H,29,34)/t22-/m0/s1. The molecule has 0 saturated carbocycles. The number of carbonyl (C=O) groups is 2. The zero-order valence-corrected chi connectivity index (χ0v) is 22.3. The van der Waals surface area contributed by atoms with E-state index in [4.69, 9.17) is 11.6 Å². The Hall–Kier alpha value is -2.84. The number of aromatic nitrogens is 3. The average molecular weight is 514 g/mol. The summed E-state index contributed by atoms with van der Waals surface area (Å²) in [7, 11) is 0. The molecule has 2 N–H and O–H groups in total. The number of hydrogen-bond acceptors (Lipinski definition) is 5. The highest BCUT2D eigenvalue weighted by Gasteiger charge is 2.25. The molecular formula is C26H32ClN5O2S. The number of nitrogens with zero attached hydrogens (tertiary/aromatic N) is 3. The Bertz CT molecular complexity index is 1190. The first-order chi connectivity index (χ1) is 16.7. The highest BCUT2D eigenvalue weighted by Crippen LogP contribution is 2.26. The van der Waals surface area contributed by atoms with Crippen molar-refractivity contribution in [3.05, 3.63) is 70.0 Å². The van der Waals surface area contributed by atoms with Crippen molar-refractivity contribution in [2.45, 2.75) is 58.8 Å². The van der Waals surface area contributed by atoms with Gasteiger partial charge in [0.1, 0.15) is 0 Å². The van der Waals surface area contributed by atoms with E-state index in [1.54, 1.807) is 24.3 Å². The van der Waals surface area contributed by atoms with Gasteiger partial charge in [0.05, 0.1) is 22.4 Å². The lowest BCUT2D eigenvalue weighted by molar-refractivity contribution is -0.113. The molecule has 7 nitrogen and oxygen atoms in total. The van der Waals surface area contributed by atoms with Crippen molar-refractivity contribution in [2.24, 2.45) is 5.92 Å². The summed E-state index contributed by atoms with van der Waals surface area (Å²) < 4.78 is 1.95. The Labute approximate surface area is 216 Å². The number of benzene rings is 2. The first-order valence-corrected chi connectivity index (χ1v) is 13.0. The van der Waals surface area contributed by atoms with Gasteiger partial charge in [-0.1, -0.05) is 61.5 Å². The molecule has 0 radical (unpaired) electrons. The molecule has 0 fully saturated rings. The zero-order valence-electron chi connectivity index (χ0n) is 20.8. The van der Waals surface area contributed by atoms with Gasteiger partial charge < -0.3 is 15.2 Å². The molecule has 2 amide bonds. The number of rotatable bonds is 10. The van der Waals surface area contributed by atoms with E-state index >= 15 is 0 Å². The van der Waals surface area contributed by atoms with Crippen LogP contribution < -0.4 is 10.6 Å². The number of nitrogens with one attached hydrogen (secondary N) is 2. The van der Waals surface area contributed by atoms with E-state index in [1.807, 2.05) is 43.5 Å². The Balaban J connectivity index is 1.75. The van der Waals surface area contributed by atoms with Crippen LogP contribution in [-0.4, -0.2) is 32.3 Å². The summed E-state index contributed by atoms with van der Waals surface area (Å²) in [5.41, 5.74) is 3.33. The first kappa shape index (κ1) is 26.8. The number of anilines is 1. The van der Waals surface area contributed by atoms with Gasteiger partial charge in [0.25, 0.3) is 5.91 Å². The fourth-order valence-corrected chi connectivity index (χ4v) is 4.76. The molecule has 0 saturated heterocycles. The molecule has 1 atom stereocenters. The Morgan fingerprint density at radius 2 is 1.86 bits per heavy atom. The van der Waals surface area contributed by atoms with E-state index in [2.05, 4.69) is 34.7 Å². The lowest BCUT2D eigenvalue weighted by Crippen LogP contribution is -2.31. The van der Waals surface area contributed by atoms with Gasteiger partial charge in [0.15, 0.2) is 11.0 Å². The van der Waals surface area contributed by atoms with Crippen molar-refractivity contribution < 1.29 is 9.59 Å². The quantitative estimate of drug-likeness (QED) is 0.333. The highest BCUT2D eigenvalue weighted by atomic mass is 35.5. The summed E-state index contributed by atoms with van der Waals surface area (Å²) >= 11 is 7.56. The summed E-state index contributed by atoms with van der Waals surface area (Å²) in [6.45, 7) is 10.7. The SMILES string of the molecule is CCn1c(SCC(=O)Nc2cc(C)ccc2C)nnc1[C@H](CC(C)C)NC(=O)c1ccccc1Cl. The van der Waals surface area contributed by atoms with Gasteiger partial charge in [-0.25, -0.2) is 0 Å². The molecule has 2 aromatic carbocycles. The van der Waals surface area contributed by atoms with Gasteiger partial charge >= 0.3 is 0 Å². The van der Waals surface area contributed by atoms with Crippen LogP contribution >= 0.6 is 23.4 Å². The minimum atomic E-state index is -0.343. The Morgan fingerprint density at radius 3 is 2.54 bits per heavy atom. The topological polar surface area (TPSA) is 88.9 Å². The zero-order chi connectivity index (χ0) is 25.5. The third-order valence-corrected chi connectivity index (χ3v) is 6.80. The van der Waals surface area contributed by atoms with Crippen LogP contribution in [0.2, 0.25) is 5.02 Å². The van der Waals surface area contributed by atoms with Gasteiger partial charge in [-0.05, 0) is 62.4 Å². The van der Waals surface area contributed by atoms with E-state index in [0.29, 0.717) is 40.5 Å². The van der Waals surface area contributed by atoms with Crippen molar-refractivity contribution in [2.75, 3.05) is 11.1 Å². The number of aryl methyl sites for hydroxylation is 2. The maximum atomic E-state index is 13.0. The van der Waals surface area contributed by atoms with Crippen molar-refractivity contribution >= 4 is 40.9 Å². The van der Waals surface area contributed by atoms with Gasteiger partial charge in [-0.3, -0.25) is 9.59 Å². The van der Waals surface area contributed by atoms with Gasteiger partial charge in [-0.2, -0.15) is 0 Å². The number of carbonyl (C=O) groups excluding carboxylic acids is 2. The van der Waals surface area contributed by atoms with Crippen LogP contribution in [0.3, 0.4) is 0 Å². The van der Waals surface area contributed by atoms with Crippen molar-refractivity contribution in [3.8, 4) is 0 Å². The first-order valence-electron chi connectivity index (χ1n) is 11.7. The minimum absolute atomic E-state index is 0.110. The maximum Gasteiger partial charge on any atom is 0.253 e. The molecule has 0 unspecified atom stereocenters. The molecule has 0 aliphatic carbocycles. The number of halogens is 1. The van der Waals surface area contributed by atoms with E-state index in [0.717, 1.165) is 16.8 Å². The predicted octanol–water partition coefficient (Wildman–Crippen LogP) is 5.82. The largest absolute Gasteiger partial charge is 0.342 e. The Morgan fingerprint density at radius 1 is 1.11 bits per heavy atom. The summed E-state index contributed by atoms with van der Waals surface area (Å²) in [5, 5.41) is 15.9. The molecule has 9 heteroatoms. The molecule has 186 valence electrons. The molecular weight excluding hydrogens is 482 g/mol. The van der Waals surface area contributed by atoms with Crippen LogP contribution in [0.1, 0.15) is 60.5 Å². The number of hydrogen-bond donors (Lipinski definition) is 2. The second-order valence-electron chi connectivity index (χ2n) is 8.88. The molecule has 0 aliphatic heterocycles. The van der Waals surface area contributed by atoms with E-state index < -0.39 is 0 Å². The molecule has 1 heterocycles. The minimum Gasteiger partial charge on any atom is -0.342 e. The van der Waals surface area contributed by atoms with Crippen LogP contribution in [0.25, 0.3) is 0 Å². The summed E-state index contributed by atoms with van der Waals surface area (Å²) in [4.78, 5) is 25.6. The predicted molar refractivity (Wildman–Crippen MR) is 142 cm³/mol. The third-order valence-electron chi connectivity index (χ3n) is 5.50. The molecule has 1 aromatic heterocycles. The molecule has 3 rings (SSSR count). The summed E-state index contributed by atoms with van der Waals surface area (Å²) in [6.07, 6.45) is 0.687. The summed E-state index contributed by atoms with van der Waals surface area (Å²) in [6, 6.07) is 12.6. The second kappa shape index (κ2) is 12.2. The number of amides is 2. The van der Waals surface area contributed by atoms with Crippen LogP contribution in [0.5, 0.6) is 0 Å². The second-order valence-corrected chi connectivity index (χ2v) is 10.2. The van der Waals surface area contributed by atoms with E-state index in [1.165, 1.54) is 11.8 Å². The lowest BCUT2D eigenvalue weighted by atomic mass is 10.0. The lowest BCUT2D eigenvalue weighted by Gasteiger charge is -2.21. The highest BCUT2D eigenvalue weighted by molar-refractivity contribution is 7.99. The van der Waals surface area contributed by atoms with Crippen LogP contribution in [-0.2, 0) is 11.3 Å². The van der Waals surface area contributed by atoms with Crippen LogP contribution in [0, 0.1) is 19.8 Å². The van der Waals surface area contributed by atoms with E-state index in [9.17, 15) is 9.59 Å². The fourth-order valence-electron chi connectivity index (χ4n) is 3.73. The molecule has 0 aliphatic rings. The fraction of sp³-hybridized carbons (Fsp3) is 0.385. The van der Waals surface area contributed by atoms with E-state index in [-0.39, 0.29) is 23.6 Å². The smallest absolute Gasteiger partial charge is 0.253 e. The number of thioether (sulfide) groups is 1. The molecule has 3 aromatic rings. The van der Waals surface area contributed by atoms with Gasteiger partial charge in [0.2, 0.25) is 5.91 Å². The van der Waals surface area contributed by atoms with Crippen LogP contribution in [0.4, 0.5) is 5.69 Å². The molecule has 0 spiro atoms. The monoisotopic (exact) mass is 513 g/mol. The van der Waals surface area contributed by atoms with Crippen molar-refractivity contribution in [3.63, 3.8) is 0 Å². The van der Waals surface area contributed by atoms with Gasteiger partial charge in [-0.15, -0.1) is 10.2 Å². The molecule has 35 heavy (non-hydrogen) atoms. The van der Waals surface area contributed by atoms with Crippen LogP contribution in [0.15, 0.2) is 47.6 Å². The van der Waals surface area contributed by atoms with Crippen molar-refractivity contribution in [1.29, 1.82) is 0 Å². The Kier molecular flexibility index (Phi) is 9.34. The van der Waals surface area contributed by atoms with Gasteiger partial charge in [0, 0.05) is 12.2 Å². The third kappa shape index (κ3) is 7.08. The average Bonchev–Trinajstić information content (AvgIpc) is 3.22.